The summed E-state index contributed by atoms with van der Waals surface area (Å²) in [6.07, 6.45) is 0.923. The van der Waals surface area contributed by atoms with Crippen molar-refractivity contribution in [1.29, 1.82) is 0 Å². The van der Waals surface area contributed by atoms with Crippen LogP contribution in [0.25, 0.3) is 0 Å². The fraction of sp³-hybridized carbons (Fsp3) is 0.714. The first kappa shape index (κ1) is 9.54. The van der Waals surface area contributed by atoms with Crippen LogP contribution < -0.4 is 5.73 Å². The van der Waals surface area contributed by atoms with Crippen LogP contribution in [0.1, 0.15) is 12.7 Å². The van der Waals surface area contributed by atoms with Crippen LogP contribution in [0.15, 0.2) is 5.16 Å². The third kappa shape index (κ3) is 1.98. The predicted octanol–water partition coefficient (Wildman–Crippen LogP) is 0.428. The van der Waals surface area contributed by atoms with Gasteiger partial charge in [0, 0.05) is 25.8 Å². The van der Waals surface area contributed by atoms with E-state index in [1.807, 2.05) is 11.6 Å². The number of thioether (sulfide) groups is 1. The van der Waals surface area contributed by atoms with Crippen molar-refractivity contribution in [2.75, 3.05) is 12.3 Å². The summed E-state index contributed by atoms with van der Waals surface area (Å²) in [5, 5.41) is 9.04. The lowest BCUT2D eigenvalue weighted by Crippen LogP contribution is -2.03. The van der Waals surface area contributed by atoms with Gasteiger partial charge in [-0.05, 0) is 0 Å². The van der Waals surface area contributed by atoms with Gasteiger partial charge in [-0.1, -0.05) is 18.7 Å². The molecule has 0 spiro atoms. The van der Waals surface area contributed by atoms with Crippen LogP contribution in [0, 0.1) is 0 Å². The Labute approximate surface area is 76.5 Å². The first-order chi connectivity index (χ1) is 5.79. The Bertz CT molecular complexity index is 246. The molecule has 1 rings (SSSR count). The Morgan fingerprint density at radius 2 is 2.25 bits per heavy atom. The molecular formula is C7H14N4S. The second-order valence-corrected chi connectivity index (χ2v) is 3.51. The minimum atomic E-state index is 0.680. The fourth-order valence-corrected chi connectivity index (χ4v) is 1.63. The number of aryl methyl sites for hydroxylation is 1. The van der Waals surface area contributed by atoms with E-state index in [9.17, 15) is 0 Å². The average molecular weight is 186 g/mol. The summed E-state index contributed by atoms with van der Waals surface area (Å²) in [4.78, 5) is 0. The van der Waals surface area contributed by atoms with Gasteiger partial charge in [0.1, 0.15) is 5.82 Å². The number of hydrogen-bond acceptors (Lipinski definition) is 4. The smallest absolute Gasteiger partial charge is 0.190 e. The van der Waals surface area contributed by atoms with Crippen molar-refractivity contribution in [1.82, 2.24) is 14.8 Å². The SMILES string of the molecule is CCc1nnc(SCCN)n1C. The van der Waals surface area contributed by atoms with Gasteiger partial charge >= 0.3 is 0 Å². The van der Waals surface area contributed by atoms with E-state index in [-0.39, 0.29) is 0 Å². The largest absolute Gasteiger partial charge is 0.330 e. The minimum Gasteiger partial charge on any atom is -0.330 e. The Morgan fingerprint density at radius 1 is 1.50 bits per heavy atom. The second kappa shape index (κ2) is 4.47. The second-order valence-electron chi connectivity index (χ2n) is 2.45. The molecule has 0 aliphatic heterocycles. The lowest BCUT2D eigenvalue weighted by Gasteiger charge is -1.99. The fourth-order valence-electron chi connectivity index (χ4n) is 0.929. The van der Waals surface area contributed by atoms with Crippen LogP contribution in [0.3, 0.4) is 0 Å². The molecule has 0 fully saturated rings. The van der Waals surface area contributed by atoms with E-state index in [4.69, 9.17) is 5.73 Å². The van der Waals surface area contributed by atoms with E-state index < -0.39 is 0 Å². The average Bonchev–Trinajstić information content (AvgIpc) is 2.43. The summed E-state index contributed by atoms with van der Waals surface area (Å²) in [7, 11) is 1.98. The van der Waals surface area contributed by atoms with Gasteiger partial charge in [-0.25, -0.2) is 0 Å². The summed E-state index contributed by atoms with van der Waals surface area (Å²) in [6, 6.07) is 0. The molecule has 1 aromatic rings. The molecule has 0 aromatic carbocycles. The minimum absolute atomic E-state index is 0.680. The molecule has 2 N–H and O–H groups in total. The zero-order chi connectivity index (χ0) is 8.97. The molecule has 1 heterocycles. The molecule has 0 atom stereocenters. The number of rotatable bonds is 4. The quantitative estimate of drug-likeness (QED) is 0.693. The Balaban J connectivity index is 2.66. The zero-order valence-corrected chi connectivity index (χ0v) is 8.27. The molecule has 0 unspecified atom stereocenters. The van der Waals surface area contributed by atoms with Crippen molar-refractivity contribution >= 4 is 11.8 Å². The maximum Gasteiger partial charge on any atom is 0.190 e. The number of aromatic nitrogens is 3. The van der Waals surface area contributed by atoms with Gasteiger partial charge in [-0.2, -0.15) is 0 Å². The summed E-state index contributed by atoms with van der Waals surface area (Å²) in [5.74, 6) is 1.92. The van der Waals surface area contributed by atoms with Gasteiger partial charge in [-0.15, -0.1) is 10.2 Å². The van der Waals surface area contributed by atoms with Crippen molar-refractivity contribution < 1.29 is 0 Å². The third-order valence-corrected chi connectivity index (χ3v) is 2.64. The van der Waals surface area contributed by atoms with E-state index in [1.165, 1.54) is 0 Å². The highest BCUT2D eigenvalue weighted by Gasteiger charge is 2.05. The Kier molecular flexibility index (Phi) is 3.55. The van der Waals surface area contributed by atoms with E-state index >= 15 is 0 Å². The first-order valence-corrected chi connectivity index (χ1v) is 4.99. The zero-order valence-electron chi connectivity index (χ0n) is 7.45. The van der Waals surface area contributed by atoms with Crippen molar-refractivity contribution in [3.05, 3.63) is 5.82 Å². The van der Waals surface area contributed by atoms with Crippen molar-refractivity contribution in [2.45, 2.75) is 18.5 Å². The van der Waals surface area contributed by atoms with E-state index in [0.717, 1.165) is 23.2 Å². The summed E-state index contributed by atoms with van der Waals surface area (Å²) < 4.78 is 2.01. The maximum absolute atomic E-state index is 5.39. The van der Waals surface area contributed by atoms with E-state index in [0.29, 0.717) is 6.54 Å². The van der Waals surface area contributed by atoms with Gasteiger partial charge in [0.05, 0.1) is 0 Å². The molecule has 0 aliphatic rings. The predicted molar refractivity (Wildman–Crippen MR) is 50.2 cm³/mol. The number of nitrogens with zero attached hydrogens (tertiary/aromatic N) is 3. The maximum atomic E-state index is 5.39. The van der Waals surface area contributed by atoms with Crippen LogP contribution in [0.2, 0.25) is 0 Å². The molecule has 0 saturated carbocycles. The molecule has 0 amide bonds. The highest BCUT2D eigenvalue weighted by molar-refractivity contribution is 7.99. The van der Waals surface area contributed by atoms with Gasteiger partial charge in [0.25, 0.3) is 0 Å². The lowest BCUT2D eigenvalue weighted by molar-refractivity contribution is 0.741. The molecule has 1 aromatic heterocycles. The standard InChI is InChI=1S/C7H14N4S/c1-3-6-9-10-7(11(6)2)12-5-4-8/h3-5,8H2,1-2H3. The first-order valence-electron chi connectivity index (χ1n) is 4.00. The van der Waals surface area contributed by atoms with Crippen molar-refractivity contribution in [2.24, 2.45) is 12.8 Å². The molecule has 0 saturated heterocycles. The number of nitrogens with two attached hydrogens (primary N) is 1. The monoisotopic (exact) mass is 186 g/mol. The van der Waals surface area contributed by atoms with Gasteiger partial charge < -0.3 is 10.3 Å². The van der Waals surface area contributed by atoms with Crippen molar-refractivity contribution in [3.63, 3.8) is 0 Å². The van der Waals surface area contributed by atoms with Crippen LogP contribution in [-0.4, -0.2) is 27.1 Å². The molecule has 0 radical (unpaired) electrons. The van der Waals surface area contributed by atoms with Gasteiger partial charge in [0.2, 0.25) is 0 Å². The van der Waals surface area contributed by atoms with Crippen LogP contribution in [0.5, 0.6) is 0 Å². The molecule has 0 bridgehead atoms. The number of hydrogen-bond donors (Lipinski definition) is 1. The molecular weight excluding hydrogens is 172 g/mol. The summed E-state index contributed by atoms with van der Waals surface area (Å²) in [5.41, 5.74) is 5.39. The highest BCUT2D eigenvalue weighted by atomic mass is 32.2. The molecule has 4 nitrogen and oxygen atoms in total. The Morgan fingerprint density at radius 3 is 2.75 bits per heavy atom. The molecule has 68 valence electrons. The third-order valence-electron chi connectivity index (χ3n) is 1.59. The summed E-state index contributed by atoms with van der Waals surface area (Å²) >= 11 is 1.65. The van der Waals surface area contributed by atoms with Crippen LogP contribution in [-0.2, 0) is 13.5 Å². The van der Waals surface area contributed by atoms with Gasteiger partial charge in [-0.3, -0.25) is 0 Å². The van der Waals surface area contributed by atoms with E-state index in [1.54, 1.807) is 11.8 Å². The van der Waals surface area contributed by atoms with Crippen molar-refractivity contribution in [3.8, 4) is 0 Å². The summed E-state index contributed by atoms with van der Waals surface area (Å²) in [6.45, 7) is 2.75. The highest BCUT2D eigenvalue weighted by Crippen LogP contribution is 2.14. The topological polar surface area (TPSA) is 56.7 Å². The molecule has 12 heavy (non-hydrogen) atoms. The lowest BCUT2D eigenvalue weighted by atomic mass is 10.5. The van der Waals surface area contributed by atoms with Crippen LogP contribution in [0.4, 0.5) is 0 Å². The molecule has 0 aliphatic carbocycles. The normalized spacial score (nSPS) is 10.6. The molecule has 5 heteroatoms. The van der Waals surface area contributed by atoms with Crippen LogP contribution >= 0.6 is 11.8 Å². The van der Waals surface area contributed by atoms with Gasteiger partial charge in [0.15, 0.2) is 5.16 Å². The Hall–Kier alpha value is -0.550. The van der Waals surface area contributed by atoms with E-state index in [2.05, 4.69) is 17.1 Å².